The summed E-state index contributed by atoms with van der Waals surface area (Å²) < 4.78 is 10.8. The number of imide groups is 2. The number of carbonyl (C=O) groups is 3. The predicted molar refractivity (Wildman–Crippen MR) is 104 cm³/mol. The van der Waals surface area contributed by atoms with Gasteiger partial charge in [0.25, 0.3) is 11.8 Å². The molecule has 0 bridgehead atoms. The molecule has 7 nitrogen and oxygen atoms in total. The summed E-state index contributed by atoms with van der Waals surface area (Å²) in [5.74, 6) is -0.304. The third kappa shape index (κ3) is 3.88. The molecular formula is C21H20N2O5. The molecule has 28 heavy (non-hydrogen) atoms. The van der Waals surface area contributed by atoms with E-state index in [9.17, 15) is 14.4 Å². The van der Waals surface area contributed by atoms with Crippen molar-refractivity contribution in [2.45, 2.75) is 13.3 Å². The zero-order valence-corrected chi connectivity index (χ0v) is 15.6. The first-order valence-electron chi connectivity index (χ1n) is 8.82. The molecule has 1 N–H and O–H groups in total. The Labute approximate surface area is 162 Å². The molecule has 7 heteroatoms. The van der Waals surface area contributed by atoms with Crippen LogP contribution in [0.25, 0.3) is 6.08 Å². The molecule has 1 aliphatic rings. The number of barbiturate groups is 1. The van der Waals surface area contributed by atoms with Gasteiger partial charge in [-0.3, -0.25) is 14.9 Å². The zero-order valence-electron chi connectivity index (χ0n) is 15.6. The maximum Gasteiger partial charge on any atom is 0.335 e. The van der Waals surface area contributed by atoms with Gasteiger partial charge >= 0.3 is 6.03 Å². The number of nitrogens with zero attached hydrogens (tertiary/aromatic N) is 1. The molecule has 0 aromatic heterocycles. The summed E-state index contributed by atoms with van der Waals surface area (Å²) in [5, 5.41) is 2.21. The van der Waals surface area contributed by atoms with E-state index in [2.05, 4.69) is 5.32 Å². The predicted octanol–water partition coefficient (Wildman–Crippen LogP) is 3.15. The van der Waals surface area contributed by atoms with E-state index in [0.29, 0.717) is 29.4 Å². The first-order valence-corrected chi connectivity index (χ1v) is 8.82. The topological polar surface area (TPSA) is 84.9 Å². The Hall–Kier alpha value is -3.61. The van der Waals surface area contributed by atoms with Gasteiger partial charge in [-0.1, -0.05) is 25.1 Å². The second-order valence-electron chi connectivity index (χ2n) is 6.04. The fourth-order valence-electron chi connectivity index (χ4n) is 2.72. The number of amides is 4. The van der Waals surface area contributed by atoms with Crippen LogP contribution in [0.1, 0.15) is 18.9 Å². The Balaban J connectivity index is 1.97. The van der Waals surface area contributed by atoms with Crippen molar-refractivity contribution in [3.63, 3.8) is 0 Å². The highest BCUT2D eigenvalue weighted by atomic mass is 16.5. The van der Waals surface area contributed by atoms with Crippen LogP contribution in [0.15, 0.2) is 54.1 Å². The molecule has 0 atom stereocenters. The standard InChI is InChI=1S/C21H20N2O5/c1-3-12-28-18-7-5-4-6-14(18)13-17-19(24)22-21(26)23(20(17)25)15-8-10-16(27-2)11-9-15/h4-11,13H,3,12H2,1-2H3,(H,22,24,26)/b17-13+. The van der Waals surface area contributed by atoms with Gasteiger partial charge in [0.15, 0.2) is 0 Å². The minimum atomic E-state index is -0.798. The van der Waals surface area contributed by atoms with Crippen LogP contribution >= 0.6 is 0 Å². The van der Waals surface area contributed by atoms with Crippen LogP contribution in [0.2, 0.25) is 0 Å². The van der Waals surface area contributed by atoms with Gasteiger partial charge in [0.05, 0.1) is 19.4 Å². The molecule has 1 saturated heterocycles. The highest BCUT2D eigenvalue weighted by Crippen LogP contribution is 2.26. The number of hydrogen-bond donors (Lipinski definition) is 1. The minimum absolute atomic E-state index is 0.150. The number of benzene rings is 2. The van der Waals surface area contributed by atoms with Crippen molar-refractivity contribution in [2.75, 3.05) is 18.6 Å². The van der Waals surface area contributed by atoms with Crippen LogP contribution < -0.4 is 19.7 Å². The van der Waals surface area contributed by atoms with E-state index >= 15 is 0 Å². The SMILES string of the molecule is CCCOc1ccccc1/C=C1\C(=O)NC(=O)N(c2ccc(OC)cc2)C1=O. The molecule has 1 aliphatic heterocycles. The van der Waals surface area contributed by atoms with Gasteiger partial charge in [0, 0.05) is 5.56 Å². The number of carbonyl (C=O) groups excluding carboxylic acids is 3. The van der Waals surface area contributed by atoms with Gasteiger partial charge in [-0.25, -0.2) is 9.69 Å². The van der Waals surface area contributed by atoms with E-state index in [1.165, 1.54) is 13.2 Å². The first kappa shape index (κ1) is 19.2. The average Bonchev–Trinajstić information content (AvgIpc) is 2.70. The van der Waals surface area contributed by atoms with Crippen LogP contribution in [-0.4, -0.2) is 31.6 Å². The van der Waals surface area contributed by atoms with E-state index in [4.69, 9.17) is 9.47 Å². The minimum Gasteiger partial charge on any atom is -0.497 e. The summed E-state index contributed by atoms with van der Waals surface area (Å²) >= 11 is 0. The summed E-state index contributed by atoms with van der Waals surface area (Å²) in [6.45, 7) is 2.49. The summed E-state index contributed by atoms with van der Waals surface area (Å²) in [4.78, 5) is 38.4. The molecule has 0 aliphatic carbocycles. The number of methoxy groups -OCH3 is 1. The van der Waals surface area contributed by atoms with E-state index < -0.39 is 17.8 Å². The van der Waals surface area contributed by atoms with Crippen LogP contribution in [0.5, 0.6) is 11.5 Å². The van der Waals surface area contributed by atoms with Crippen LogP contribution in [-0.2, 0) is 9.59 Å². The number of anilines is 1. The molecule has 144 valence electrons. The molecule has 0 radical (unpaired) electrons. The number of nitrogens with one attached hydrogen (secondary N) is 1. The Morgan fingerprint density at radius 2 is 1.75 bits per heavy atom. The fraction of sp³-hybridized carbons (Fsp3) is 0.190. The van der Waals surface area contributed by atoms with E-state index in [-0.39, 0.29) is 5.57 Å². The summed E-state index contributed by atoms with van der Waals surface area (Å²) in [6, 6.07) is 12.7. The Morgan fingerprint density at radius 3 is 2.43 bits per heavy atom. The lowest BCUT2D eigenvalue weighted by atomic mass is 10.1. The van der Waals surface area contributed by atoms with Gasteiger partial charge in [-0.05, 0) is 42.8 Å². The van der Waals surface area contributed by atoms with Gasteiger partial charge in [-0.15, -0.1) is 0 Å². The zero-order chi connectivity index (χ0) is 20.1. The highest BCUT2D eigenvalue weighted by molar-refractivity contribution is 6.39. The van der Waals surface area contributed by atoms with Crippen molar-refractivity contribution in [1.29, 1.82) is 0 Å². The maximum atomic E-state index is 12.9. The number of urea groups is 1. The second-order valence-corrected chi connectivity index (χ2v) is 6.04. The average molecular weight is 380 g/mol. The maximum absolute atomic E-state index is 12.9. The largest absolute Gasteiger partial charge is 0.497 e. The van der Waals surface area contributed by atoms with Crippen molar-refractivity contribution in [3.8, 4) is 11.5 Å². The Kier molecular flexibility index (Phi) is 5.74. The number of hydrogen-bond acceptors (Lipinski definition) is 5. The number of rotatable bonds is 6. The van der Waals surface area contributed by atoms with E-state index in [0.717, 1.165) is 11.3 Å². The fourth-order valence-corrected chi connectivity index (χ4v) is 2.72. The third-order valence-electron chi connectivity index (χ3n) is 4.11. The van der Waals surface area contributed by atoms with Gasteiger partial charge in [-0.2, -0.15) is 0 Å². The molecule has 2 aromatic carbocycles. The third-order valence-corrected chi connectivity index (χ3v) is 4.11. The lowest BCUT2D eigenvalue weighted by Gasteiger charge is -2.26. The Bertz CT molecular complexity index is 934. The highest BCUT2D eigenvalue weighted by Gasteiger charge is 2.36. The van der Waals surface area contributed by atoms with Crippen LogP contribution in [0.3, 0.4) is 0 Å². The lowest BCUT2D eigenvalue weighted by Crippen LogP contribution is -2.54. The molecule has 4 amide bonds. The van der Waals surface area contributed by atoms with Crippen molar-refractivity contribution in [3.05, 3.63) is 59.7 Å². The number of ether oxygens (including phenoxy) is 2. The van der Waals surface area contributed by atoms with Gasteiger partial charge in [0.2, 0.25) is 0 Å². The smallest absolute Gasteiger partial charge is 0.335 e. The second kappa shape index (κ2) is 8.39. The van der Waals surface area contributed by atoms with Crippen molar-refractivity contribution >= 4 is 29.6 Å². The van der Waals surface area contributed by atoms with Crippen LogP contribution in [0.4, 0.5) is 10.5 Å². The van der Waals surface area contributed by atoms with E-state index in [1.807, 2.05) is 13.0 Å². The molecule has 1 heterocycles. The first-order chi connectivity index (χ1) is 13.5. The Morgan fingerprint density at radius 1 is 1.04 bits per heavy atom. The summed E-state index contributed by atoms with van der Waals surface area (Å²) in [5.41, 5.74) is 0.763. The molecule has 1 fully saturated rings. The summed E-state index contributed by atoms with van der Waals surface area (Å²) in [7, 11) is 1.52. The van der Waals surface area contributed by atoms with E-state index in [1.54, 1.807) is 42.5 Å². The molecular weight excluding hydrogens is 360 g/mol. The van der Waals surface area contributed by atoms with Crippen molar-refractivity contribution in [1.82, 2.24) is 5.32 Å². The van der Waals surface area contributed by atoms with Gasteiger partial charge in [0.1, 0.15) is 17.1 Å². The van der Waals surface area contributed by atoms with Crippen molar-refractivity contribution < 1.29 is 23.9 Å². The normalized spacial score (nSPS) is 15.6. The molecule has 0 saturated carbocycles. The molecule has 2 aromatic rings. The molecule has 3 rings (SSSR count). The number of para-hydroxylation sites is 1. The molecule has 0 spiro atoms. The van der Waals surface area contributed by atoms with Gasteiger partial charge < -0.3 is 9.47 Å². The quantitative estimate of drug-likeness (QED) is 0.615. The molecule has 0 unspecified atom stereocenters. The monoisotopic (exact) mass is 380 g/mol. The van der Waals surface area contributed by atoms with Crippen molar-refractivity contribution in [2.24, 2.45) is 0 Å². The van der Waals surface area contributed by atoms with Crippen LogP contribution in [0, 0.1) is 0 Å². The summed E-state index contributed by atoms with van der Waals surface area (Å²) in [6.07, 6.45) is 2.26. The lowest BCUT2D eigenvalue weighted by molar-refractivity contribution is -0.122.